The number of carbonyl (C=O) groups excluding carboxylic acids is 1. The molecule has 0 fully saturated rings. The second-order valence-corrected chi connectivity index (χ2v) is 5.84. The number of benzene rings is 1. The highest BCUT2D eigenvalue weighted by molar-refractivity contribution is 5.97. The number of likely N-dealkylation sites (N-methyl/N-ethyl adjacent to an activating group) is 1. The van der Waals surface area contributed by atoms with E-state index in [2.05, 4.69) is 34.2 Å². The van der Waals surface area contributed by atoms with Gasteiger partial charge in [-0.1, -0.05) is 12.1 Å². The predicted octanol–water partition coefficient (Wildman–Crippen LogP) is 2.83. The Labute approximate surface area is 131 Å². The first-order chi connectivity index (χ1) is 10.7. The van der Waals surface area contributed by atoms with Crippen LogP contribution in [0.1, 0.15) is 25.7 Å². The minimum Gasteiger partial charge on any atom is -0.371 e. The van der Waals surface area contributed by atoms with E-state index < -0.39 is 0 Å². The van der Waals surface area contributed by atoms with Crippen LogP contribution in [0.4, 0.5) is 11.4 Å². The molecule has 1 aromatic rings. The van der Waals surface area contributed by atoms with Crippen molar-refractivity contribution in [1.82, 2.24) is 0 Å². The van der Waals surface area contributed by atoms with Crippen LogP contribution < -0.4 is 9.80 Å². The quantitative estimate of drug-likeness (QED) is 0.784. The SMILES string of the molecule is C#CCCC1(CCC(=O)N2CCN(C)c3ccccc32)N=N1. The number of hydrogen-bond acceptors (Lipinski definition) is 4. The fraction of sp³-hybridized carbons (Fsp3) is 0.471. The molecule has 0 saturated heterocycles. The highest BCUT2D eigenvalue weighted by Crippen LogP contribution is 2.38. The molecular formula is C17H20N4O. The monoisotopic (exact) mass is 296 g/mol. The lowest BCUT2D eigenvalue weighted by molar-refractivity contribution is -0.118. The predicted molar refractivity (Wildman–Crippen MR) is 87.0 cm³/mol. The largest absolute Gasteiger partial charge is 0.371 e. The molecule has 0 atom stereocenters. The van der Waals surface area contributed by atoms with E-state index >= 15 is 0 Å². The molecular weight excluding hydrogens is 276 g/mol. The fourth-order valence-corrected chi connectivity index (χ4v) is 2.88. The van der Waals surface area contributed by atoms with Crippen molar-refractivity contribution in [3.8, 4) is 12.3 Å². The van der Waals surface area contributed by atoms with Crippen LogP contribution in [0.15, 0.2) is 34.5 Å². The maximum Gasteiger partial charge on any atom is 0.227 e. The molecule has 2 aliphatic heterocycles. The highest BCUT2D eigenvalue weighted by Gasteiger charge is 2.40. The van der Waals surface area contributed by atoms with E-state index in [9.17, 15) is 4.79 Å². The van der Waals surface area contributed by atoms with Gasteiger partial charge in [-0.2, -0.15) is 10.2 Å². The summed E-state index contributed by atoms with van der Waals surface area (Å²) >= 11 is 0. The molecule has 0 spiro atoms. The number of fused-ring (bicyclic) bond motifs is 1. The summed E-state index contributed by atoms with van der Waals surface area (Å²) in [6, 6.07) is 8.02. The van der Waals surface area contributed by atoms with Crippen molar-refractivity contribution < 1.29 is 4.79 Å². The van der Waals surface area contributed by atoms with Crippen molar-refractivity contribution in [2.24, 2.45) is 10.2 Å². The average Bonchev–Trinajstić information content (AvgIpc) is 3.32. The first-order valence-electron chi connectivity index (χ1n) is 7.63. The molecule has 1 amide bonds. The molecule has 0 N–H and O–H groups in total. The molecule has 5 nitrogen and oxygen atoms in total. The van der Waals surface area contributed by atoms with Gasteiger partial charge in [0.25, 0.3) is 0 Å². The Balaban J connectivity index is 1.64. The van der Waals surface area contributed by atoms with E-state index in [0.29, 0.717) is 19.3 Å². The minimum absolute atomic E-state index is 0.137. The maximum absolute atomic E-state index is 12.6. The Morgan fingerprint density at radius 2 is 2.00 bits per heavy atom. The number of anilines is 2. The van der Waals surface area contributed by atoms with Gasteiger partial charge in [0.2, 0.25) is 5.91 Å². The molecule has 0 aliphatic carbocycles. The molecule has 114 valence electrons. The molecule has 5 heteroatoms. The maximum atomic E-state index is 12.6. The lowest BCUT2D eigenvalue weighted by Crippen LogP contribution is -2.42. The number of amides is 1. The Morgan fingerprint density at radius 1 is 1.27 bits per heavy atom. The number of rotatable bonds is 5. The lowest BCUT2D eigenvalue weighted by Gasteiger charge is -2.35. The average molecular weight is 296 g/mol. The van der Waals surface area contributed by atoms with Crippen molar-refractivity contribution in [1.29, 1.82) is 0 Å². The first-order valence-corrected chi connectivity index (χ1v) is 7.63. The minimum atomic E-state index is -0.381. The summed E-state index contributed by atoms with van der Waals surface area (Å²) in [7, 11) is 2.05. The molecule has 1 aromatic carbocycles. The third kappa shape index (κ3) is 2.82. The van der Waals surface area contributed by atoms with E-state index in [-0.39, 0.29) is 11.6 Å². The van der Waals surface area contributed by atoms with E-state index in [1.165, 1.54) is 0 Å². The van der Waals surface area contributed by atoms with Crippen LogP contribution in [-0.2, 0) is 4.79 Å². The Morgan fingerprint density at radius 3 is 2.68 bits per heavy atom. The van der Waals surface area contributed by atoms with Crippen LogP contribution in [0.5, 0.6) is 0 Å². The lowest BCUT2D eigenvalue weighted by atomic mass is 10.0. The first kappa shape index (κ1) is 14.6. The summed E-state index contributed by atoms with van der Waals surface area (Å²) in [5.74, 6) is 2.75. The molecule has 0 radical (unpaired) electrons. The molecule has 0 bridgehead atoms. The van der Waals surface area contributed by atoms with Gasteiger partial charge in [-0.05, 0) is 12.1 Å². The van der Waals surface area contributed by atoms with E-state index in [4.69, 9.17) is 6.42 Å². The van der Waals surface area contributed by atoms with Crippen molar-refractivity contribution in [3.63, 3.8) is 0 Å². The van der Waals surface area contributed by atoms with E-state index in [0.717, 1.165) is 30.9 Å². The molecule has 0 saturated carbocycles. The molecule has 2 aliphatic rings. The summed E-state index contributed by atoms with van der Waals surface area (Å²) in [6.45, 7) is 1.57. The standard InChI is InChI=1S/C17H20N4O/c1-3-4-10-17(18-19-17)11-9-16(22)21-13-12-20(2)14-7-5-6-8-15(14)21/h1,5-8H,4,9-13H2,2H3. The van der Waals surface area contributed by atoms with Gasteiger partial charge in [0.15, 0.2) is 5.66 Å². The van der Waals surface area contributed by atoms with Crippen LogP contribution in [0.3, 0.4) is 0 Å². The van der Waals surface area contributed by atoms with E-state index in [1.807, 2.05) is 23.1 Å². The number of para-hydroxylation sites is 2. The van der Waals surface area contributed by atoms with Crippen LogP contribution in [0.2, 0.25) is 0 Å². The van der Waals surface area contributed by atoms with Crippen molar-refractivity contribution in [3.05, 3.63) is 24.3 Å². The number of nitrogens with zero attached hydrogens (tertiary/aromatic N) is 4. The summed E-state index contributed by atoms with van der Waals surface area (Å²) in [5, 5.41) is 8.19. The summed E-state index contributed by atoms with van der Waals surface area (Å²) in [4.78, 5) is 16.7. The van der Waals surface area contributed by atoms with Gasteiger partial charge in [-0.3, -0.25) is 4.79 Å². The third-order valence-electron chi connectivity index (χ3n) is 4.34. The Kier molecular flexibility index (Phi) is 3.84. The highest BCUT2D eigenvalue weighted by atomic mass is 16.2. The van der Waals surface area contributed by atoms with Gasteiger partial charge in [0.1, 0.15) is 0 Å². The number of hydrogen-bond donors (Lipinski definition) is 0. The second-order valence-electron chi connectivity index (χ2n) is 5.84. The zero-order chi connectivity index (χ0) is 15.6. The summed E-state index contributed by atoms with van der Waals surface area (Å²) < 4.78 is 0. The summed E-state index contributed by atoms with van der Waals surface area (Å²) in [5.41, 5.74) is 1.71. The van der Waals surface area contributed by atoms with Crippen LogP contribution >= 0.6 is 0 Å². The zero-order valence-corrected chi connectivity index (χ0v) is 12.8. The zero-order valence-electron chi connectivity index (χ0n) is 12.8. The van der Waals surface area contributed by atoms with Gasteiger partial charge in [0.05, 0.1) is 11.4 Å². The van der Waals surface area contributed by atoms with Crippen LogP contribution in [0, 0.1) is 12.3 Å². The molecule has 0 unspecified atom stereocenters. The van der Waals surface area contributed by atoms with Gasteiger partial charge in [-0.15, -0.1) is 12.3 Å². The molecule has 22 heavy (non-hydrogen) atoms. The normalized spacial score (nSPS) is 17.8. The second kappa shape index (κ2) is 5.80. The fourth-order valence-electron chi connectivity index (χ4n) is 2.88. The topological polar surface area (TPSA) is 48.3 Å². The van der Waals surface area contributed by atoms with Gasteiger partial charge in [0, 0.05) is 45.8 Å². The van der Waals surface area contributed by atoms with Gasteiger partial charge in [-0.25, -0.2) is 0 Å². The van der Waals surface area contributed by atoms with Gasteiger partial charge < -0.3 is 9.80 Å². The molecule has 2 heterocycles. The molecule has 0 aromatic heterocycles. The van der Waals surface area contributed by atoms with Crippen molar-refractivity contribution in [2.45, 2.75) is 31.3 Å². The Hall–Kier alpha value is -2.35. The Bertz CT molecular complexity index is 640. The van der Waals surface area contributed by atoms with Crippen LogP contribution in [-0.4, -0.2) is 31.7 Å². The molecule has 3 rings (SSSR count). The smallest absolute Gasteiger partial charge is 0.227 e. The summed E-state index contributed by atoms with van der Waals surface area (Å²) in [6.07, 6.45) is 7.80. The third-order valence-corrected chi connectivity index (χ3v) is 4.34. The van der Waals surface area contributed by atoms with Crippen LogP contribution in [0.25, 0.3) is 0 Å². The van der Waals surface area contributed by atoms with E-state index in [1.54, 1.807) is 0 Å². The number of carbonyl (C=O) groups is 1. The number of terminal acetylenes is 1. The van der Waals surface area contributed by atoms with Crippen molar-refractivity contribution in [2.75, 3.05) is 29.9 Å². The van der Waals surface area contributed by atoms with Gasteiger partial charge >= 0.3 is 0 Å². The van der Waals surface area contributed by atoms with Crippen molar-refractivity contribution >= 4 is 17.3 Å².